The largest absolute Gasteiger partial charge is 0.0496 e. The lowest BCUT2D eigenvalue weighted by Crippen LogP contribution is -2.85. The molecule has 0 heteroatoms. The summed E-state index contributed by atoms with van der Waals surface area (Å²) in [5.41, 5.74) is 27.1. The molecule has 0 saturated heterocycles. The second-order valence-electron chi connectivity index (χ2n) is 44.1. The topological polar surface area (TPSA) is 0 Å². The van der Waals surface area contributed by atoms with E-state index in [9.17, 15) is 0 Å². The Bertz CT molecular complexity index is 4320. The van der Waals surface area contributed by atoms with Crippen molar-refractivity contribution in [3.8, 4) is 0 Å². The Morgan fingerprint density at radius 3 is 0.756 bits per heavy atom. The summed E-state index contributed by atoms with van der Waals surface area (Å²) in [6.45, 7) is 0. The molecule has 0 heterocycles. The summed E-state index contributed by atoms with van der Waals surface area (Å²) in [5, 5.41) is 13.0. The zero-order valence-electron chi connectivity index (χ0n) is 53.2. The molecule has 0 N–H and O–H groups in total. The van der Waals surface area contributed by atoms with Gasteiger partial charge in [-0.3, -0.25) is 0 Å². The van der Waals surface area contributed by atoms with Crippen molar-refractivity contribution in [2.75, 3.05) is 0 Å². The van der Waals surface area contributed by atoms with Crippen LogP contribution in [-0.4, -0.2) is 0 Å². The van der Waals surface area contributed by atoms with E-state index in [1.165, 1.54) is 72.0 Å². The zero-order chi connectivity index (χ0) is 54.6. The van der Waals surface area contributed by atoms with Crippen LogP contribution in [0.15, 0.2) is 0 Å². The molecule has 0 aromatic heterocycles. The first kappa shape index (κ1) is 43.8. The molecule has 0 amide bonds. The van der Waals surface area contributed by atoms with E-state index in [0.717, 1.165) is 249 Å². The molecule has 4 aromatic carbocycles. The van der Waals surface area contributed by atoms with Crippen LogP contribution in [0.25, 0.3) is 32.3 Å². The summed E-state index contributed by atoms with van der Waals surface area (Å²) >= 11 is 0. The molecule has 0 aliphatic heterocycles. The fourth-order valence-corrected chi connectivity index (χ4v) is 49.7. The van der Waals surface area contributed by atoms with Gasteiger partial charge in [0.05, 0.1) is 0 Å². The molecule has 0 spiro atoms. The molecule has 52 atom stereocenters. The van der Waals surface area contributed by atoms with Gasteiger partial charge in [-0.2, -0.15) is 0 Å². The molecule has 35 rings (SSSR count). The fourth-order valence-electron chi connectivity index (χ4n) is 49.7. The first-order chi connectivity index (χ1) is 44.8. The lowest BCUT2D eigenvalue weighted by molar-refractivity contribution is -0.409. The predicted octanol–water partition coefficient (Wildman–Crippen LogP) is 18.4. The summed E-state index contributed by atoms with van der Waals surface area (Å²) in [5.74, 6) is 55.9. The van der Waals surface area contributed by atoms with Gasteiger partial charge in [0.1, 0.15) is 0 Å². The monoisotopic (exact) mass is 1170 g/mol. The normalized spacial score (nSPS) is 71.3. The number of hydrogen-bond donors (Lipinski definition) is 0. The van der Waals surface area contributed by atoms with Gasteiger partial charge in [-0.25, -0.2) is 0 Å². The molecular formula is C90H92. The van der Waals surface area contributed by atoms with Crippen molar-refractivity contribution in [1.29, 1.82) is 0 Å². The van der Waals surface area contributed by atoms with Gasteiger partial charge in [-0.1, -0.05) is 0 Å². The van der Waals surface area contributed by atoms with E-state index >= 15 is 0 Å². The molecule has 0 radical (unpaired) electrons. The third kappa shape index (κ3) is 3.36. The molecule has 31 aliphatic rings. The smallest absolute Gasteiger partial charge is 0.00465 e. The first-order valence-electron chi connectivity index (χ1n) is 42.5. The predicted molar refractivity (Wildman–Crippen MR) is 343 cm³/mol. The van der Waals surface area contributed by atoms with Gasteiger partial charge < -0.3 is 0 Å². The second kappa shape index (κ2) is 12.3. The highest BCUT2D eigenvalue weighted by atomic mass is 14.9. The second-order valence-corrected chi connectivity index (χ2v) is 44.1. The summed E-state index contributed by atoms with van der Waals surface area (Å²) in [4.78, 5) is 0. The first-order valence-corrected chi connectivity index (χ1v) is 42.5. The molecule has 452 valence electrons. The van der Waals surface area contributed by atoms with E-state index in [1.807, 2.05) is 0 Å². The molecular weight excluding hydrogens is 1080 g/mol. The average molecular weight is 1170 g/mol. The Morgan fingerprint density at radius 2 is 0.389 bits per heavy atom. The third-order valence-electron chi connectivity index (χ3n) is 47.0. The van der Waals surface area contributed by atoms with E-state index < -0.39 is 0 Å². The summed E-state index contributed by atoms with van der Waals surface area (Å²) in [6.07, 6.45) is 33.3. The van der Waals surface area contributed by atoms with Gasteiger partial charge in [0, 0.05) is 0 Å². The Morgan fingerprint density at radius 1 is 0.133 bits per heavy atom. The third-order valence-corrected chi connectivity index (χ3v) is 47.0. The van der Waals surface area contributed by atoms with Gasteiger partial charge >= 0.3 is 0 Å². The quantitative estimate of drug-likeness (QED) is 0.154. The zero-order valence-corrected chi connectivity index (χ0v) is 53.2. The Labute approximate surface area is 532 Å². The lowest BCUT2D eigenvalue weighted by atomic mass is 9.15. The molecule has 0 bridgehead atoms. The van der Waals surface area contributed by atoms with Gasteiger partial charge in [-0.05, 0) is 535 Å². The van der Waals surface area contributed by atoms with Gasteiger partial charge in [-0.15, -0.1) is 0 Å². The minimum Gasteiger partial charge on any atom is -0.0496 e. The molecule has 20 saturated carbocycles. The van der Waals surface area contributed by atoms with Crippen molar-refractivity contribution in [2.45, 2.75) is 188 Å². The van der Waals surface area contributed by atoms with Crippen LogP contribution in [0.4, 0.5) is 0 Å². The number of hydrogen-bond acceptors (Lipinski definition) is 0. The van der Waals surface area contributed by atoms with Crippen molar-refractivity contribution < 1.29 is 0 Å². The molecule has 20 fully saturated rings. The van der Waals surface area contributed by atoms with Gasteiger partial charge in [0.15, 0.2) is 0 Å². The van der Waals surface area contributed by atoms with Crippen LogP contribution < -0.4 is 0 Å². The Kier molecular flexibility index (Phi) is 5.96. The highest BCUT2D eigenvalue weighted by molar-refractivity contribution is 6.33. The molecule has 90 heavy (non-hydrogen) atoms. The van der Waals surface area contributed by atoms with Crippen molar-refractivity contribution in [1.82, 2.24) is 0 Å². The van der Waals surface area contributed by atoms with Crippen molar-refractivity contribution in [2.24, 2.45) is 249 Å². The van der Waals surface area contributed by atoms with Gasteiger partial charge in [0.2, 0.25) is 0 Å². The van der Waals surface area contributed by atoms with Crippen LogP contribution in [0.3, 0.4) is 0 Å². The van der Waals surface area contributed by atoms with Crippen LogP contribution in [0.1, 0.15) is 242 Å². The molecule has 0 nitrogen and oxygen atoms in total. The van der Waals surface area contributed by atoms with Gasteiger partial charge in [0.25, 0.3) is 0 Å². The van der Waals surface area contributed by atoms with Crippen LogP contribution >= 0.6 is 0 Å². The number of fused-ring (bicyclic) bond motifs is 10. The maximum absolute atomic E-state index is 2.36. The fraction of sp³-hybridized carbons (Fsp3) is 0.800. The lowest BCUT2D eigenvalue weighted by Gasteiger charge is -2.89. The maximum Gasteiger partial charge on any atom is -0.00465 e. The average Bonchev–Trinajstić information content (AvgIpc) is 0.610. The van der Waals surface area contributed by atoms with E-state index in [4.69, 9.17) is 0 Å². The summed E-state index contributed by atoms with van der Waals surface area (Å²) in [6, 6.07) is 0. The maximum atomic E-state index is 2.36. The van der Waals surface area contributed by atoms with Crippen molar-refractivity contribution in [3.63, 3.8) is 0 Å². The van der Waals surface area contributed by atoms with Crippen LogP contribution in [-0.2, 0) is 12.8 Å². The van der Waals surface area contributed by atoms with Crippen molar-refractivity contribution >= 4 is 32.3 Å². The minimum absolute atomic E-state index is 0.833. The molecule has 50 unspecified atom stereocenters. The van der Waals surface area contributed by atoms with E-state index in [2.05, 4.69) is 99.1 Å². The standard InChI is InChI=1S/C90H92/c1-2-22-24-5-6-26-28-9-11-35-32-8-7-27-25-4-3-23-21(1)41-42(22)62-64-44(24)46(26)67-71-51(28)55(35)79-76-52(32)48(27)68-65-45(25)43(23)63-61(41)81-66-47-29-10-12-31-33-15-16-37-38-19-20-40-39-18-17-36-34-14-13-30(29)50-53(34)73(85(65)83(63)69(50)66)74-57(36)58(39)78(89(76)87(68)74)80-60(40)59(38)77(88(71)90(79)80)75-56(37)54(33)72(84(64)86(67)75)70(49(31)47)82(62)81/h21-38,41-47,49-50,53-54,56-57,59,61-67,69-70,72-75,77,81-86H,1-20H2/t21?,22?,23?,24?,25?,26?,27?,28?,29?,30?,31?,32?,33?,34?,35?,36?,37?,38?,41?,42?,43?,44?,45?,46?,47?,49?,50?,53?,54?,56?,57?,59?,61?,62?,63?,64?,65-,66?,67-,69?,70?,72?,73?,74?,75?,77?,81?,82?,83?,84?,85?,86?/m1/s1. The van der Waals surface area contributed by atoms with Crippen molar-refractivity contribution in [3.05, 3.63) is 66.8 Å². The van der Waals surface area contributed by atoms with E-state index in [0.29, 0.717) is 0 Å². The molecule has 31 aliphatic carbocycles. The van der Waals surface area contributed by atoms with Crippen LogP contribution in [0.5, 0.6) is 0 Å². The minimum atomic E-state index is 0.833. The number of rotatable bonds is 0. The van der Waals surface area contributed by atoms with E-state index in [1.54, 1.807) is 116 Å². The Balaban J connectivity index is 0.844. The Hall–Kier alpha value is -2.34. The molecule has 4 aromatic rings. The highest BCUT2D eigenvalue weighted by Gasteiger charge is 2.90. The van der Waals surface area contributed by atoms with Crippen LogP contribution in [0.2, 0.25) is 0 Å². The van der Waals surface area contributed by atoms with Crippen LogP contribution in [0, 0.1) is 249 Å². The summed E-state index contributed by atoms with van der Waals surface area (Å²) in [7, 11) is 0. The highest BCUT2D eigenvalue weighted by Crippen LogP contribution is 2.96. The van der Waals surface area contributed by atoms with E-state index in [-0.39, 0.29) is 0 Å². The summed E-state index contributed by atoms with van der Waals surface area (Å²) < 4.78 is 0. The SMILES string of the molecule is C1CC2C3CCC4C5CCC6C7CCC8C9CCc%10c1c1c%11c%12c%10C9C9c%10c%13c%14c%15c(c%16c%17c%18c%19c(c%16%11)C(C12)C1C3C4C2C3C5C6C4C5C6C%11C%16CCC%20C%21CCC(C%18CCC%17C%15CCC%14C%14CCC%16C%15C6C6C4C7C8C9C6[C@@H]%13C%14%15)C4C%21C(C(C%20%11)C35)C2C1[C@@H]%194)c%10%12. The number of benzene rings is 4.